The highest BCUT2D eigenvalue weighted by Gasteiger charge is 2.60. The highest BCUT2D eigenvalue weighted by Crippen LogP contribution is 2.52. The highest BCUT2D eigenvalue weighted by atomic mass is 16.5. The van der Waals surface area contributed by atoms with Crippen molar-refractivity contribution < 1.29 is 14.3 Å². The molecule has 1 spiro atoms. The molecule has 2 aromatic rings. The number of carbonyl (C=O) groups is 1. The summed E-state index contributed by atoms with van der Waals surface area (Å²) in [5.41, 5.74) is 0.567. The SMILES string of the molecule is COC1N(N(C)C)C(=O)c2c(OCc3ccccc3)c(=O)ccn2C12CC2. The van der Waals surface area contributed by atoms with Gasteiger partial charge in [0.2, 0.25) is 5.43 Å². The molecule has 4 rings (SSSR count). The highest BCUT2D eigenvalue weighted by molar-refractivity contribution is 5.96. The predicted octanol–water partition coefficient (Wildman–Crippen LogP) is 1.82. The van der Waals surface area contributed by atoms with Crippen molar-refractivity contribution in [3.63, 3.8) is 0 Å². The van der Waals surface area contributed by atoms with Crippen molar-refractivity contribution in [2.75, 3.05) is 21.2 Å². The van der Waals surface area contributed by atoms with Crippen LogP contribution in [0, 0.1) is 0 Å². The summed E-state index contributed by atoms with van der Waals surface area (Å²) in [6.45, 7) is 0.225. The van der Waals surface area contributed by atoms with E-state index < -0.39 is 6.23 Å². The Labute approximate surface area is 157 Å². The number of ether oxygens (including phenoxy) is 2. The number of nitrogens with zero attached hydrogens (tertiary/aromatic N) is 3. The van der Waals surface area contributed by atoms with Crippen LogP contribution >= 0.6 is 0 Å². The summed E-state index contributed by atoms with van der Waals surface area (Å²) in [7, 11) is 5.19. The summed E-state index contributed by atoms with van der Waals surface area (Å²) >= 11 is 0. The minimum Gasteiger partial charge on any atom is -0.483 e. The van der Waals surface area contributed by atoms with E-state index in [2.05, 4.69) is 0 Å². The average Bonchev–Trinajstić information content (AvgIpc) is 3.45. The molecule has 1 saturated carbocycles. The molecule has 1 atom stereocenters. The summed E-state index contributed by atoms with van der Waals surface area (Å²) in [6.07, 6.45) is 3.02. The van der Waals surface area contributed by atoms with Crippen LogP contribution in [0.25, 0.3) is 0 Å². The van der Waals surface area contributed by atoms with Crippen LogP contribution in [0.4, 0.5) is 0 Å². The summed E-state index contributed by atoms with van der Waals surface area (Å²) < 4.78 is 13.4. The van der Waals surface area contributed by atoms with Crippen LogP contribution in [0.1, 0.15) is 28.9 Å². The van der Waals surface area contributed by atoms with E-state index in [1.54, 1.807) is 37.4 Å². The van der Waals surface area contributed by atoms with Crippen LogP contribution in [0.3, 0.4) is 0 Å². The molecule has 142 valence electrons. The second-order valence-corrected chi connectivity index (χ2v) is 7.19. The van der Waals surface area contributed by atoms with Crippen molar-refractivity contribution in [3.8, 4) is 5.75 Å². The van der Waals surface area contributed by atoms with Crippen LogP contribution in [0.5, 0.6) is 5.75 Å². The number of rotatable bonds is 5. The maximum atomic E-state index is 13.3. The smallest absolute Gasteiger partial charge is 0.291 e. The number of aromatic nitrogens is 1. The number of hydrogen-bond acceptors (Lipinski definition) is 5. The number of hydrazine groups is 1. The van der Waals surface area contributed by atoms with Gasteiger partial charge in [0.15, 0.2) is 17.7 Å². The zero-order chi connectivity index (χ0) is 19.2. The van der Waals surface area contributed by atoms with E-state index in [1.807, 2.05) is 34.9 Å². The number of methoxy groups -OCH3 is 1. The lowest BCUT2D eigenvalue weighted by atomic mass is 10.1. The van der Waals surface area contributed by atoms with Crippen LogP contribution in [0.15, 0.2) is 47.4 Å². The molecule has 2 aliphatic rings. The van der Waals surface area contributed by atoms with Crippen LogP contribution < -0.4 is 10.2 Å². The first-order chi connectivity index (χ1) is 13.0. The fourth-order valence-electron chi connectivity index (χ4n) is 3.85. The molecule has 1 fully saturated rings. The van der Waals surface area contributed by atoms with Gasteiger partial charge in [-0.25, -0.2) is 10.0 Å². The van der Waals surface area contributed by atoms with Crippen LogP contribution in [0.2, 0.25) is 0 Å². The molecule has 0 N–H and O–H groups in total. The molecular weight excluding hydrogens is 346 g/mol. The largest absolute Gasteiger partial charge is 0.483 e. The fourth-order valence-corrected chi connectivity index (χ4v) is 3.85. The number of amides is 1. The molecular formula is C20H23N3O4. The van der Waals surface area contributed by atoms with E-state index in [0.717, 1.165) is 18.4 Å². The number of fused-ring (bicyclic) bond motifs is 2. The second kappa shape index (κ2) is 6.51. The maximum absolute atomic E-state index is 13.3. The van der Waals surface area contributed by atoms with Gasteiger partial charge in [-0.05, 0) is 18.4 Å². The van der Waals surface area contributed by atoms with Gasteiger partial charge in [-0.3, -0.25) is 9.59 Å². The van der Waals surface area contributed by atoms with Crippen molar-refractivity contribution in [2.24, 2.45) is 0 Å². The minimum atomic E-state index is -0.419. The van der Waals surface area contributed by atoms with Crippen molar-refractivity contribution in [1.29, 1.82) is 0 Å². The zero-order valence-electron chi connectivity index (χ0n) is 15.7. The Balaban J connectivity index is 1.80. The number of pyridine rings is 1. The van der Waals surface area contributed by atoms with Gasteiger partial charge in [0.25, 0.3) is 5.91 Å². The first-order valence-electron chi connectivity index (χ1n) is 8.96. The molecule has 0 saturated heterocycles. The van der Waals surface area contributed by atoms with E-state index >= 15 is 0 Å². The average molecular weight is 369 g/mol. The van der Waals surface area contributed by atoms with E-state index in [9.17, 15) is 9.59 Å². The van der Waals surface area contributed by atoms with Crippen molar-refractivity contribution >= 4 is 5.91 Å². The van der Waals surface area contributed by atoms with Gasteiger partial charge in [0, 0.05) is 33.5 Å². The molecule has 7 nitrogen and oxygen atoms in total. The Bertz CT molecular complexity index is 919. The summed E-state index contributed by atoms with van der Waals surface area (Å²) in [5.74, 6) is -0.204. The summed E-state index contributed by atoms with van der Waals surface area (Å²) in [5, 5.41) is 3.27. The van der Waals surface area contributed by atoms with Gasteiger partial charge >= 0.3 is 0 Å². The Hall–Kier alpha value is -2.64. The van der Waals surface area contributed by atoms with Crippen LogP contribution in [-0.4, -0.2) is 47.9 Å². The molecule has 7 heteroatoms. The van der Waals surface area contributed by atoms with Gasteiger partial charge in [-0.2, -0.15) is 0 Å². The van der Waals surface area contributed by atoms with E-state index in [4.69, 9.17) is 9.47 Å². The van der Waals surface area contributed by atoms with Gasteiger partial charge in [-0.15, -0.1) is 0 Å². The Kier molecular flexibility index (Phi) is 4.28. The molecule has 1 unspecified atom stereocenters. The molecule has 1 amide bonds. The van der Waals surface area contributed by atoms with E-state index in [1.165, 1.54) is 6.07 Å². The van der Waals surface area contributed by atoms with E-state index in [0.29, 0.717) is 0 Å². The number of carbonyl (C=O) groups excluding carboxylic acids is 1. The third-order valence-electron chi connectivity index (χ3n) is 5.27. The monoisotopic (exact) mass is 369 g/mol. The standard InChI is InChI=1S/C20H23N3O4/c1-21(2)23-18(25)16-17(27-13-14-7-5-4-6-8-14)15(24)9-12-22(16)20(10-11-20)19(23)26-3/h4-9,12,19H,10-11,13H2,1-3H3. The van der Waals surface area contributed by atoms with Crippen molar-refractivity contribution in [1.82, 2.24) is 14.6 Å². The molecule has 1 aromatic carbocycles. The zero-order valence-corrected chi connectivity index (χ0v) is 15.7. The second-order valence-electron chi connectivity index (χ2n) is 7.19. The minimum absolute atomic E-state index is 0.0963. The third-order valence-corrected chi connectivity index (χ3v) is 5.27. The lowest BCUT2D eigenvalue weighted by molar-refractivity contribution is -0.142. The Morgan fingerprint density at radius 3 is 2.44 bits per heavy atom. The van der Waals surface area contributed by atoms with Gasteiger partial charge < -0.3 is 14.0 Å². The van der Waals surface area contributed by atoms with Crippen LogP contribution in [-0.2, 0) is 16.9 Å². The van der Waals surface area contributed by atoms with Crippen molar-refractivity contribution in [2.45, 2.75) is 31.2 Å². The van der Waals surface area contributed by atoms with Gasteiger partial charge in [0.1, 0.15) is 6.61 Å². The summed E-state index contributed by atoms with van der Waals surface area (Å²) in [6, 6.07) is 11.0. The molecule has 1 aliphatic heterocycles. The lowest BCUT2D eigenvalue weighted by Gasteiger charge is -2.45. The fraction of sp³-hybridized carbons (Fsp3) is 0.400. The molecule has 1 aromatic heterocycles. The predicted molar refractivity (Wildman–Crippen MR) is 99.3 cm³/mol. The van der Waals surface area contributed by atoms with Gasteiger partial charge in [0.05, 0.1) is 5.54 Å². The quantitative estimate of drug-likeness (QED) is 0.805. The molecule has 0 bridgehead atoms. The van der Waals surface area contributed by atoms with Crippen molar-refractivity contribution in [3.05, 3.63) is 64.1 Å². The molecule has 0 radical (unpaired) electrons. The number of benzene rings is 1. The normalized spacial score (nSPS) is 20.1. The number of hydrogen-bond donors (Lipinski definition) is 0. The van der Waals surface area contributed by atoms with Gasteiger partial charge in [-0.1, -0.05) is 30.3 Å². The van der Waals surface area contributed by atoms with E-state index in [-0.39, 0.29) is 34.9 Å². The first kappa shape index (κ1) is 17.8. The molecule has 2 heterocycles. The summed E-state index contributed by atoms with van der Waals surface area (Å²) in [4.78, 5) is 25.9. The Morgan fingerprint density at radius 1 is 1.15 bits per heavy atom. The lowest BCUT2D eigenvalue weighted by Crippen LogP contribution is -2.60. The first-order valence-corrected chi connectivity index (χ1v) is 8.96. The Morgan fingerprint density at radius 2 is 1.85 bits per heavy atom. The topological polar surface area (TPSA) is 64.0 Å². The molecule has 27 heavy (non-hydrogen) atoms. The maximum Gasteiger partial charge on any atom is 0.291 e. The third kappa shape index (κ3) is 2.74. The molecule has 1 aliphatic carbocycles.